The highest BCUT2D eigenvalue weighted by Crippen LogP contribution is 2.22. The summed E-state index contributed by atoms with van der Waals surface area (Å²) in [5.74, 6) is 0.533. The van der Waals surface area contributed by atoms with Crippen LogP contribution in [0.25, 0.3) is 0 Å². The summed E-state index contributed by atoms with van der Waals surface area (Å²) in [6.07, 6.45) is 1.73. The van der Waals surface area contributed by atoms with Crippen molar-refractivity contribution in [1.82, 2.24) is 0 Å². The maximum Gasteiger partial charge on any atom is 0.196 e. The minimum absolute atomic E-state index is 0.0515. The number of carbonyl (C=O) groups is 1. The van der Waals surface area contributed by atoms with E-state index in [2.05, 4.69) is 0 Å². The first kappa shape index (κ1) is 16.6. The lowest BCUT2D eigenvalue weighted by Gasteiger charge is -2.17. The number of ether oxygens (including phenoxy) is 1. The molecule has 2 aromatic carbocycles. The molecule has 0 aromatic heterocycles. The van der Waals surface area contributed by atoms with Gasteiger partial charge in [-0.25, -0.2) is 0 Å². The van der Waals surface area contributed by atoms with E-state index in [1.165, 1.54) is 0 Å². The molecule has 2 rings (SSSR count). The zero-order valence-electron chi connectivity index (χ0n) is 12.6. The molecule has 22 heavy (non-hydrogen) atoms. The normalized spacial score (nSPS) is 13.5. The summed E-state index contributed by atoms with van der Waals surface area (Å²) in [4.78, 5) is 12.7. The second-order valence-corrected chi connectivity index (χ2v) is 6.58. The van der Waals surface area contributed by atoms with Crippen molar-refractivity contribution in [3.05, 3.63) is 71.8 Å². The Bertz CT molecular complexity index is 611. The van der Waals surface area contributed by atoms with Crippen LogP contribution in [0.2, 0.25) is 0 Å². The number of carbonyl (C=O) groups excluding carboxylic acids is 1. The van der Waals surface area contributed by atoms with E-state index in [0.717, 1.165) is 5.56 Å². The number of ketones is 1. The molecule has 0 amide bonds. The molecule has 116 valence electrons. The highest BCUT2D eigenvalue weighted by molar-refractivity contribution is 7.84. The molecule has 0 N–H and O–H groups in total. The quantitative estimate of drug-likeness (QED) is 0.554. The van der Waals surface area contributed by atoms with Crippen molar-refractivity contribution in [2.75, 3.05) is 18.6 Å². The van der Waals surface area contributed by atoms with Crippen LogP contribution in [-0.4, -0.2) is 28.6 Å². The van der Waals surface area contributed by atoms with Crippen molar-refractivity contribution in [3.63, 3.8) is 0 Å². The molecular formula is C18H20O3S. The van der Waals surface area contributed by atoms with Crippen molar-refractivity contribution >= 4 is 16.6 Å². The van der Waals surface area contributed by atoms with Crippen molar-refractivity contribution in [3.8, 4) is 0 Å². The third-order valence-electron chi connectivity index (χ3n) is 3.26. The Labute approximate surface area is 133 Å². The molecule has 0 spiro atoms. The summed E-state index contributed by atoms with van der Waals surface area (Å²) < 4.78 is 16.9. The standard InChI is InChI=1S/C18H20O3S/c1-22(20)14-8-13-21-18(16-11-6-3-7-12-16)17(19)15-9-4-2-5-10-15/h2-7,9-12,18H,8,13-14H2,1H3. The van der Waals surface area contributed by atoms with Gasteiger partial charge in [0.05, 0.1) is 0 Å². The van der Waals surface area contributed by atoms with Gasteiger partial charge in [0.1, 0.15) is 6.10 Å². The summed E-state index contributed by atoms with van der Waals surface area (Å²) in [6.45, 7) is 0.414. The lowest BCUT2D eigenvalue weighted by atomic mass is 10.00. The highest BCUT2D eigenvalue weighted by atomic mass is 32.2. The highest BCUT2D eigenvalue weighted by Gasteiger charge is 2.22. The van der Waals surface area contributed by atoms with Gasteiger partial charge >= 0.3 is 0 Å². The molecule has 0 aliphatic heterocycles. The molecule has 0 aliphatic rings. The molecule has 4 heteroatoms. The van der Waals surface area contributed by atoms with Gasteiger partial charge in [-0.15, -0.1) is 0 Å². The first-order valence-corrected chi connectivity index (χ1v) is 8.97. The molecule has 0 aliphatic carbocycles. The molecule has 0 heterocycles. The van der Waals surface area contributed by atoms with E-state index < -0.39 is 16.9 Å². The van der Waals surface area contributed by atoms with Crippen LogP contribution in [0.1, 0.15) is 28.4 Å². The molecule has 2 atom stereocenters. The molecule has 0 bridgehead atoms. The van der Waals surface area contributed by atoms with Crippen LogP contribution in [0.4, 0.5) is 0 Å². The molecule has 0 saturated heterocycles. The largest absolute Gasteiger partial charge is 0.365 e. The maximum atomic E-state index is 12.7. The first-order valence-electron chi connectivity index (χ1n) is 7.24. The van der Waals surface area contributed by atoms with E-state index in [-0.39, 0.29) is 5.78 Å². The molecule has 0 saturated carbocycles. The lowest BCUT2D eigenvalue weighted by Crippen LogP contribution is -2.17. The van der Waals surface area contributed by atoms with Gasteiger partial charge in [-0.3, -0.25) is 9.00 Å². The van der Waals surface area contributed by atoms with Crippen LogP contribution in [0.3, 0.4) is 0 Å². The minimum Gasteiger partial charge on any atom is -0.365 e. The Morgan fingerprint density at radius 2 is 1.64 bits per heavy atom. The smallest absolute Gasteiger partial charge is 0.196 e. The number of rotatable bonds is 8. The number of hydrogen-bond acceptors (Lipinski definition) is 3. The van der Waals surface area contributed by atoms with Gasteiger partial charge in [0.15, 0.2) is 5.78 Å². The van der Waals surface area contributed by atoms with Crippen molar-refractivity contribution < 1.29 is 13.7 Å². The van der Waals surface area contributed by atoms with Gasteiger partial charge in [0.2, 0.25) is 0 Å². The monoisotopic (exact) mass is 316 g/mol. The molecule has 3 nitrogen and oxygen atoms in total. The van der Waals surface area contributed by atoms with E-state index in [0.29, 0.717) is 24.3 Å². The fraction of sp³-hybridized carbons (Fsp3) is 0.278. The van der Waals surface area contributed by atoms with E-state index in [9.17, 15) is 9.00 Å². The Hall–Kier alpha value is -1.78. The van der Waals surface area contributed by atoms with Gasteiger partial charge in [-0.1, -0.05) is 60.7 Å². The third-order valence-corrected chi connectivity index (χ3v) is 4.12. The zero-order chi connectivity index (χ0) is 15.8. The Morgan fingerprint density at radius 1 is 1.05 bits per heavy atom. The second kappa shape index (κ2) is 8.61. The van der Waals surface area contributed by atoms with Crippen LogP contribution in [0.15, 0.2) is 60.7 Å². The van der Waals surface area contributed by atoms with Gasteiger partial charge in [0, 0.05) is 35.0 Å². The van der Waals surface area contributed by atoms with Crippen LogP contribution in [-0.2, 0) is 15.5 Å². The topological polar surface area (TPSA) is 43.4 Å². The average molecular weight is 316 g/mol. The molecule has 2 aromatic rings. The second-order valence-electron chi connectivity index (χ2n) is 5.02. The van der Waals surface area contributed by atoms with Gasteiger partial charge in [-0.2, -0.15) is 0 Å². The van der Waals surface area contributed by atoms with Crippen LogP contribution < -0.4 is 0 Å². The third kappa shape index (κ3) is 4.90. The molecule has 0 radical (unpaired) electrons. The Balaban J connectivity index is 2.11. The van der Waals surface area contributed by atoms with E-state index in [4.69, 9.17) is 4.74 Å². The maximum absolute atomic E-state index is 12.7. The zero-order valence-corrected chi connectivity index (χ0v) is 13.4. The van der Waals surface area contributed by atoms with Gasteiger partial charge in [-0.05, 0) is 12.0 Å². The van der Waals surface area contributed by atoms with E-state index in [1.807, 2.05) is 48.5 Å². The molecule has 0 fully saturated rings. The van der Waals surface area contributed by atoms with Gasteiger partial charge in [0.25, 0.3) is 0 Å². The Kier molecular flexibility index (Phi) is 6.49. The average Bonchev–Trinajstić information content (AvgIpc) is 2.56. The fourth-order valence-corrected chi connectivity index (χ4v) is 2.69. The van der Waals surface area contributed by atoms with Gasteiger partial charge < -0.3 is 4.74 Å². The summed E-state index contributed by atoms with van der Waals surface area (Å²) in [6, 6.07) is 18.6. The number of benzene rings is 2. The summed E-state index contributed by atoms with van der Waals surface area (Å²) in [5, 5.41) is 0. The first-order chi connectivity index (χ1) is 10.7. The molecule has 2 unspecified atom stereocenters. The van der Waals surface area contributed by atoms with Crippen molar-refractivity contribution in [2.24, 2.45) is 0 Å². The van der Waals surface area contributed by atoms with Crippen molar-refractivity contribution in [1.29, 1.82) is 0 Å². The van der Waals surface area contributed by atoms with E-state index >= 15 is 0 Å². The summed E-state index contributed by atoms with van der Waals surface area (Å²) in [7, 11) is -0.836. The van der Waals surface area contributed by atoms with Crippen LogP contribution in [0.5, 0.6) is 0 Å². The lowest BCUT2D eigenvalue weighted by molar-refractivity contribution is 0.0409. The molecular weight excluding hydrogens is 296 g/mol. The van der Waals surface area contributed by atoms with Crippen LogP contribution >= 0.6 is 0 Å². The fourth-order valence-electron chi connectivity index (χ4n) is 2.17. The minimum atomic E-state index is -0.836. The number of hydrogen-bond donors (Lipinski definition) is 0. The predicted molar refractivity (Wildman–Crippen MR) is 89.5 cm³/mol. The summed E-state index contributed by atoms with van der Waals surface area (Å²) >= 11 is 0. The Morgan fingerprint density at radius 3 is 2.23 bits per heavy atom. The van der Waals surface area contributed by atoms with Crippen LogP contribution in [0, 0.1) is 0 Å². The predicted octanol–water partition coefficient (Wildman–Crippen LogP) is 3.40. The number of Topliss-reactive ketones (excluding diaryl/α,β-unsaturated/α-hetero) is 1. The SMILES string of the molecule is CS(=O)CCCOC(C(=O)c1ccccc1)c1ccccc1. The van der Waals surface area contributed by atoms with E-state index in [1.54, 1.807) is 18.4 Å². The van der Waals surface area contributed by atoms with Crippen molar-refractivity contribution in [2.45, 2.75) is 12.5 Å². The summed E-state index contributed by atoms with van der Waals surface area (Å²) in [5.41, 5.74) is 1.48.